The molecule has 37 heavy (non-hydrogen) atoms. The van der Waals surface area contributed by atoms with Gasteiger partial charge in [0.2, 0.25) is 11.8 Å². The number of ether oxygens (including phenoxy) is 1. The van der Waals surface area contributed by atoms with Crippen LogP contribution in [0.5, 0.6) is 0 Å². The van der Waals surface area contributed by atoms with Gasteiger partial charge < -0.3 is 15.4 Å². The van der Waals surface area contributed by atoms with Gasteiger partial charge in [-0.1, -0.05) is 50.4 Å². The fourth-order valence-electron chi connectivity index (χ4n) is 4.53. The molecule has 1 aromatic rings. The largest absolute Gasteiger partial charge is 0.370 e. The van der Waals surface area contributed by atoms with Gasteiger partial charge in [-0.15, -0.1) is 0 Å². The molecule has 0 aromatic heterocycles. The third kappa shape index (κ3) is 8.01. The van der Waals surface area contributed by atoms with Gasteiger partial charge >= 0.3 is 0 Å². The van der Waals surface area contributed by atoms with Crippen LogP contribution in [-0.4, -0.2) is 60.9 Å². The third-order valence-electron chi connectivity index (χ3n) is 6.77. The number of rotatable bonds is 12. The molecule has 2 heterocycles. The molecule has 200 valence electrons. The summed E-state index contributed by atoms with van der Waals surface area (Å²) in [6.07, 6.45) is 5.36. The normalized spacial score (nSPS) is 17.6. The number of piperidine rings is 1. The summed E-state index contributed by atoms with van der Waals surface area (Å²) in [6.45, 7) is 7.49. The Morgan fingerprint density at radius 2 is 1.89 bits per heavy atom. The van der Waals surface area contributed by atoms with Crippen molar-refractivity contribution in [3.8, 4) is 11.8 Å². The summed E-state index contributed by atoms with van der Waals surface area (Å²) < 4.78 is 5.68. The first-order valence-corrected chi connectivity index (χ1v) is 16.9. The van der Waals surface area contributed by atoms with Crippen molar-refractivity contribution in [3.63, 3.8) is 0 Å². The second-order valence-corrected chi connectivity index (χ2v) is 16.6. The number of likely N-dealkylation sites (tertiary alicyclic amines) is 1. The molecule has 3 rings (SSSR count). The van der Waals surface area contributed by atoms with Crippen LogP contribution in [0.25, 0.3) is 0 Å². The highest BCUT2D eigenvalue weighted by Gasteiger charge is 2.43. The molecule has 1 saturated heterocycles. The number of imide groups is 1. The molecular formula is C28H39N3O5Si. The van der Waals surface area contributed by atoms with E-state index < -0.39 is 14.1 Å². The van der Waals surface area contributed by atoms with Gasteiger partial charge in [0.1, 0.15) is 12.8 Å². The lowest BCUT2D eigenvalue weighted by atomic mass is 10.0. The fourth-order valence-corrected chi connectivity index (χ4v) is 5.28. The van der Waals surface area contributed by atoms with Gasteiger partial charge in [-0.2, -0.15) is 0 Å². The Morgan fingerprint density at radius 1 is 1.14 bits per heavy atom. The van der Waals surface area contributed by atoms with Crippen molar-refractivity contribution in [2.45, 2.75) is 89.6 Å². The Hall–Kier alpha value is -2.96. The highest BCUT2D eigenvalue weighted by Crippen LogP contribution is 2.31. The van der Waals surface area contributed by atoms with Crippen LogP contribution in [0.15, 0.2) is 18.2 Å². The lowest BCUT2D eigenvalue weighted by molar-refractivity contribution is -0.158. The van der Waals surface area contributed by atoms with E-state index in [2.05, 4.69) is 31.5 Å². The van der Waals surface area contributed by atoms with E-state index in [-0.39, 0.29) is 36.8 Å². The molecular weight excluding hydrogens is 486 g/mol. The molecule has 2 N–H and O–H groups in total. The van der Waals surface area contributed by atoms with E-state index in [1.54, 1.807) is 11.0 Å². The summed E-state index contributed by atoms with van der Waals surface area (Å²) in [6, 6.07) is 5.77. The molecule has 0 spiro atoms. The summed E-state index contributed by atoms with van der Waals surface area (Å²) in [4.78, 5) is 52.5. The molecule has 0 aliphatic carbocycles. The standard InChI is InChI=1S/C28H39N3O5Si/c1-37(2,3)18-17-36-20-31-26(33)16-15-24(28(31)35)30-19-23-21(12-10-13-22(23)27(30)34)11-8-6-4-5-7-9-14-25(29)32/h10,12-13,24H,4-7,9,14-20H2,1-3H3,(H2,29,32). The van der Waals surface area contributed by atoms with E-state index in [0.717, 1.165) is 49.3 Å². The van der Waals surface area contributed by atoms with Crippen molar-refractivity contribution < 1.29 is 23.9 Å². The zero-order chi connectivity index (χ0) is 27.0. The first-order valence-electron chi connectivity index (χ1n) is 13.2. The van der Waals surface area contributed by atoms with Crippen LogP contribution in [0.4, 0.5) is 0 Å². The minimum absolute atomic E-state index is 0.0626. The molecule has 1 unspecified atom stereocenters. The van der Waals surface area contributed by atoms with Crippen molar-refractivity contribution in [2.75, 3.05) is 13.3 Å². The van der Waals surface area contributed by atoms with Gasteiger partial charge in [0, 0.05) is 51.6 Å². The number of nitrogens with two attached hydrogens (primary N) is 1. The maximum atomic E-state index is 13.2. The lowest BCUT2D eigenvalue weighted by Gasteiger charge is -2.35. The SMILES string of the molecule is C[Si](C)(C)CCOCN1C(=O)CCC(N2Cc3c(C#CCCCCCCC(N)=O)cccc3C2=O)C1=O. The zero-order valence-corrected chi connectivity index (χ0v) is 23.3. The van der Waals surface area contributed by atoms with Crippen molar-refractivity contribution >= 4 is 31.7 Å². The molecule has 4 amide bonds. The predicted octanol–water partition coefficient (Wildman–Crippen LogP) is 3.65. The number of primary amides is 1. The number of nitrogens with zero attached hydrogens (tertiary/aromatic N) is 2. The number of hydrogen-bond acceptors (Lipinski definition) is 5. The highest BCUT2D eigenvalue weighted by atomic mass is 28.3. The molecule has 2 aliphatic heterocycles. The number of hydrogen-bond donors (Lipinski definition) is 1. The quantitative estimate of drug-likeness (QED) is 0.194. The van der Waals surface area contributed by atoms with Gasteiger partial charge in [0.25, 0.3) is 11.8 Å². The molecule has 1 aromatic carbocycles. The van der Waals surface area contributed by atoms with E-state index in [1.165, 1.54) is 4.90 Å². The summed E-state index contributed by atoms with van der Waals surface area (Å²) in [5.74, 6) is 5.33. The average Bonchev–Trinajstić information content (AvgIpc) is 3.16. The molecule has 1 atom stereocenters. The van der Waals surface area contributed by atoms with Gasteiger partial charge in [-0.25, -0.2) is 0 Å². The summed E-state index contributed by atoms with van der Waals surface area (Å²) in [5.41, 5.74) is 7.37. The Kier molecular flexibility index (Phi) is 10.1. The van der Waals surface area contributed by atoms with Crippen molar-refractivity contribution in [1.82, 2.24) is 9.80 Å². The van der Waals surface area contributed by atoms with Crippen LogP contribution in [0.1, 0.15) is 72.9 Å². The topological polar surface area (TPSA) is 110 Å². The molecule has 9 heteroatoms. The van der Waals surface area contributed by atoms with E-state index in [9.17, 15) is 19.2 Å². The first kappa shape index (κ1) is 28.6. The number of amides is 4. The molecule has 2 aliphatic rings. The number of carbonyl (C=O) groups is 4. The van der Waals surface area contributed by atoms with Crippen LogP contribution in [-0.2, 0) is 25.7 Å². The maximum Gasteiger partial charge on any atom is 0.255 e. The number of fused-ring (bicyclic) bond motifs is 1. The second kappa shape index (κ2) is 13.0. The van der Waals surface area contributed by atoms with Crippen LogP contribution in [0.3, 0.4) is 0 Å². The van der Waals surface area contributed by atoms with Crippen molar-refractivity contribution in [1.29, 1.82) is 0 Å². The molecule has 0 radical (unpaired) electrons. The minimum atomic E-state index is -1.28. The van der Waals surface area contributed by atoms with Gasteiger partial charge in [0.15, 0.2) is 0 Å². The number of carbonyl (C=O) groups excluding carboxylic acids is 4. The van der Waals surface area contributed by atoms with Crippen molar-refractivity contribution in [2.24, 2.45) is 5.73 Å². The van der Waals surface area contributed by atoms with Crippen LogP contribution in [0.2, 0.25) is 25.7 Å². The summed E-state index contributed by atoms with van der Waals surface area (Å²) in [7, 11) is -1.28. The third-order valence-corrected chi connectivity index (χ3v) is 8.47. The summed E-state index contributed by atoms with van der Waals surface area (Å²) >= 11 is 0. The maximum absolute atomic E-state index is 13.2. The fraction of sp³-hybridized carbons (Fsp3) is 0.571. The smallest absolute Gasteiger partial charge is 0.255 e. The highest BCUT2D eigenvalue weighted by molar-refractivity contribution is 6.76. The first-order chi connectivity index (χ1) is 17.6. The summed E-state index contributed by atoms with van der Waals surface area (Å²) in [5, 5.41) is 0. The number of benzene rings is 1. The van der Waals surface area contributed by atoms with E-state index in [4.69, 9.17) is 10.5 Å². The molecule has 8 nitrogen and oxygen atoms in total. The van der Waals surface area contributed by atoms with E-state index in [0.29, 0.717) is 31.6 Å². The predicted molar refractivity (Wildman–Crippen MR) is 144 cm³/mol. The average molecular weight is 526 g/mol. The zero-order valence-electron chi connectivity index (χ0n) is 22.3. The Morgan fingerprint density at radius 3 is 2.62 bits per heavy atom. The monoisotopic (exact) mass is 525 g/mol. The van der Waals surface area contributed by atoms with Crippen LogP contribution >= 0.6 is 0 Å². The van der Waals surface area contributed by atoms with Gasteiger partial charge in [-0.05, 0) is 43.0 Å². The molecule has 0 bridgehead atoms. The van der Waals surface area contributed by atoms with Crippen LogP contribution in [0, 0.1) is 11.8 Å². The Bertz CT molecular complexity index is 1090. The molecule has 1 fully saturated rings. The Balaban J connectivity index is 1.59. The van der Waals surface area contributed by atoms with Crippen molar-refractivity contribution in [3.05, 3.63) is 34.9 Å². The molecule has 0 saturated carbocycles. The lowest BCUT2D eigenvalue weighted by Crippen LogP contribution is -2.55. The minimum Gasteiger partial charge on any atom is -0.370 e. The Labute approximate surface area is 220 Å². The second-order valence-electron chi connectivity index (χ2n) is 11.0. The van der Waals surface area contributed by atoms with E-state index >= 15 is 0 Å². The van der Waals surface area contributed by atoms with Gasteiger partial charge in [0.05, 0.1) is 0 Å². The number of unbranched alkanes of at least 4 members (excludes halogenated alkanes) is 4. The van der Waals surface area contributed by atoms with Gasteiger partial charge in [-0.3, -0.25) is 24.1 Å². The van der Waals surface area contributed by atoms with E-state index in [1.807, 2.05) is 12.1 Å². The van der Waals surface area contributed by atoms with Crippen LogP contribution < -0.4 is 5.73 Å².